The summed E-state index contributed by atoms with van der Waals surface area (Å²) in [5.74, 6) is -0.354. The second kappa shape index (κ2) is 7.06. The molecule has 4 heteroatoms. The summed E-state index contributed by atoms with van der Waals surface area (Å²) in [6.45, 7) is 5.41. The van der Waals surface area contributed by atoms with Gasteiger partial charge in [-0.2, -0.15) is 0 Å². The van der Waals surface area contributed by atoms with Gasteiger partial charge in [-0.15, -0.1) is 0 Å². The van der Waals surface area contributed by atoms with Crippen LogP contribution in [0.15, 0.2) is 0 Å². The number of hydrogen-bond acceptors (Lipinski definition) is 3. The fourth-order valence-electron chi connectivity index (χ4n) is 0.875. The van der Waals surface area contributed by atoms with Gasteiger partial charge in [-0.05, 0) is 13.8 Å². The highest BCUT2D eigenvalue weighted by Crippen LogP contribution is 1.98. The zero-order chi connectivity index (χ0) is 9.40. The summed E-state index contributed by atoms with van der Waals surface area (Å²) < 4.78 is 10.3. The number of ether oxygens (including phenoxy) is 2. The van der Waals surface area contributed by atoms with Crippen LogP contribution in [-0.4, -0.2) is 31.8 Å². The molecule has 1 amide bonds. The van der Waals surface area contributed by atoms with Crippen LogP contribution in [0.5, 0.6) is 0 Å². The van der Waals surface area contributed by atoms with Crippen molar-refractivity contribution in [1.82, 2.24) is 0 Å². The first-order valence-electron chi connectivity index (χ1n) is 4.18. The molecule has 0 rings (SSSR count). The van der Waals surface area contributed by atoms with Gasteiger partial charge in [0.25, 0.3) is 0 Å². The standard InChI is InChI=1S/C8H17NO3/c1-3-11-6-7(12-4-2)5-8(9)10/h7H,3-6H2,1-2H3,(H2,9,10)/t7-/m0/s1. The number of carbonyl (C=O) groups is 1. The Morgan fingerprint density at radius 2 is 2.08 bits per heavy atom. The fraction of sp³-hybridized carbons (Fsp3) is 0.875. The molecule has 0 fully saturated rings. The Balaban J connectivity index is 3.61. The van der Waals surface area contributed by atoms with E-state index >= 15 is 0 Å². The van der Waals surface area contributed by atoms with Crippen LogP contribution in [0.4, 0.5) is 0 Å². The van der Waals surface area contributed by atoms with Crippen LogP contribution in [0.2, 0.25) is 0 Å². The van der Waals surface area contributed by atoms with Crippen LogP contribution >= 0.6 is 0 Å². The van der Waals surface area contributed by atoms with Crippen molar-refractivity contribution < 1.29 is 14.3 Å². The molecule has 2 N–H and O–H groups in total. The average Bonchev–Trinajstić information content (AvgIpc) is 2.00. The van der Waals surface area contributed by atoms with Gasteiger partial charge < -0.3 is 15.2 Å². The Labute approximate surface area is 73.0 Å². The lowest BCUT2D eigenvalue weighted by Gasteiger charge is -2.14. The molecule has 0 aliphatic heterocycles. The van der Waals surface area contributed by atoms with E-state index < -0.39 is 0 Å². The van der Waals surface area contributed by atoms with Crippen molar-refractivity contribution in [3.8, 4) is 0 Å². The van der Waals surface area contributed by atoms with Gasteiger partial charge in [0.2, 0.25) is 5.91 Å². The summed E-state index contributed by atoms with van der Waals surface area (Å²) in [5.41, 5.74) is 5.02. The van der Waals surface area contributed by atoms with Crippen molar-refractivity contribution in [2.75, 3.05) is 19.8 Å². The monoisotopic (exact) mass is 175 g/mol. The molecule has 72 valence electrons. The normalized spacial score (nSPS) is 12.8. The minimum absolute atomic E-state index is 0.188. The van der Waals surface area contributed by atoms with Crippen molar-refractivity contribution in [2.45, 2.75) is 26.4 Å². The van der Waals surface area contributed by atoms with Crippen LogP contribution < -0.4 is 5.73 Å². The zero-order valence-electron chi connectivity index (χ0n) is 7.71. The summed E-state index contributed by atoms with van der Waals surface area (Å²) in [6.07, 6.45) is 0.0425. The van der Waals surface area contributed by atoms with Crippen LogP contribution in [0.3, 0.4) is 0 Å². The molecule has 12 heavy (non-hydrogen) atoms. The molecule has 0 aromatic carbocycles. The van der Waals surface area contributed by atoms with Crippen LogP contribution in [0.25, 0.3) is 0 Å². The maximum absolute atomic E-state index is 10.5. The Hall–Kier alpha value is -0.610. The highest BCUT2D eigenvalue weighted by Gasteiger charge is 2.11. The van der Waals surface area contributed by atoms with E-state index in [2.05, 4.69) is 0 Å². The van der Waals surface area contributed by atoms with E-state index in [-0.39, 0.29) is 18.4 Å². The molecule has 0 heterocycles. The van der Waals surface area contributed by atoms with Gasteiger partial charge in [-0.25, -0.2) is 0 Å². The third-order valence-electron chi connectivity index (χ3n) is 1.34. The van der Waals surface area contributed by atoms with Crippen molar-refractivity contribution in [1.29, 1.82) is 0 Å². The topological polar surface area (TPSA) is 61.5 Å². The summed E-state index contributed by atoms with van der Waals surface area (Å²) in [6, 6.07) is 0. The number of amides is 1. The first kappa shape index (κ1) is 11.4. The van der Waals surface area contributed by atoms with Crippen molar-refractivity contribution in [3.63, 3.8) is 0 Å². The largest absolute Gasteiger partial charge is 0.379 e. The number of hydrogen-bond donors (Lipinski definition) is 1. The van der Waals surface area contributed by atoms with Gasteiger partial charge in [0.15, 0.2) is 0 Å². The molecule has 0 bridgehead atoms. The molecule has 0 saturated heterocycles. The second-order valence-corrected chi connectivity index (χ2v) is 2.41. The van der Waals surface area contributed by atoms with Gasteiger partial charge in [0.05, 0.1) is 19.1 Å². The van der Waals surface area contributed by atoms with Crippen LogP contribution in [0.1, 0.15) is 20.3 Å². The molecule has 4 nitrogen and oxygen atoms in total. The molecule has 0 aromatic rings. The molecule has 0 unspecified atom stereocenters. The second-order valence-electron chi connectivity index (χ2n) is 2.41. The third-order valence-corrected chi connectivity index (χ3v) is 1.34. The summed E-state index contributed by atoms with van der Waals surface area (Å²) in [7, 11) is 0. The lowest BCUT2D eigenvalue weighted by Crippen LogP contribution is -2.27. The molecule has 0 radical (unpaired) electrons. The smallest absolute Gasteiger partial charge is 0.220 e. The van der Waals surface area contributed by atoms with Gasteiger partial charge in [-0.1, -0.05) is 0 Å². The van der Waals surface area contributed by atoms with Gasteiger partial charge in [0, 0.05) is 13.2 Å². The van der Waals surface area contributed by atoms with Crippen LogP contribution in [-0.2, 0) is 14.3 Å². The van der Waals surface area contributed by atoms with Gasteiger partial charge in [0.1, 0.15) is 0 Å². The first-order chi connectivity index (χ1) is 5.70. The predicted molar refractivity (Wildman–Crippen MR) is 45.7 cm³/mol. The molecule has 1 atom stereocenters. The maximum Gasteiger partial charge on any atom is 0.220 e. The van der Waals surface area contributed by atoms with Gasteiger partial charge in [-0.3, -0.25) is 4.79 Å². The minimum atomic E-state index is -0.354. The van der Waals surface area contributed by atoms with Crippen LogP contribution in [0, 0.1) is 0 Å². The fourth-order valence-corrected chi connectivity index (χ4v) is 0.875. The van der Waals surface area contributed by atoms with E-state index in [0.29, 0.717) is 19.8 Å². The van der Waals surface area contributed by atoms with E-state index in [4.69, 9.17) is 15.2 Å². The number of nitrogens with two attached hydrogens (primary N) is 1. The Kier molecular flexibility index (Phi) is 6.70. The maximum atomic E-state index is 10.5. The predicted octanol–water partition coefficient (Wildman–Crippen LogP) is 0.303. The summed E-state index contributed by atoms with van der Waals surface area (Å²) >= 11 is 0. The molecule has 0 aromatic heterocycles. The van der Waals surface area contributed by atoms with E-state index in [9.17, 15) is 4.79 Å². The molecule has 0 spiro atoms. The van der Waals surface area contributed by atoms with Gasteiger partial charge >= 0.3 is 0 Å². The molecule has 0 saturated carbocycles. The lowest BCUT2D eigenvalue weighted by atomic mass is 10.2. The molecular weight excluding hydrogens is 158 g/mol. The zero-order valence-corrected chi connectivity index (χ0v) is 7.71. The molecule has 0 aliphatic rings. The van der Waals surface area contributed by atoms with Crippen molar-refractivity contribution >= 4 is 5.91 Å². The van der Waals surface area contributed by atoms with E-state index in [1.807, 2.05) is 13.8 Å². The van der Waals surface area contributed by atoms with E-state index in [0.717, 1.165) is 0 Å². The average molecular weight is 175 g/mol. The Morgan fingerprint density at radius 1 is 1.42 bits per heavy atom. The Morgan fingerprint density at radius 3 is 2.50 bits per heavy atom. The Bertz CT molecular complexity index is 127. The number of carbonyl (C=O) groups excluding carboxylic acids is 1. The summed E-state index contributed by atoms with van der Waals surface area (Å²) in [5, 5.41) is 0. The summed E-state index contributed by atoms with van der Waals surface area (Å²) in [4.78, 5) is 10.5. The lowest BCUT2D eigenvalue weighted by molar-refractivity contribution is -0.122. The highest BCUT2D eigenvalue weighted by atomic mass is 16.5. The molecule has 0 aliphatic carbocycles. The van der Waals surface area contributed by atoms with E-state index in [1.54, 1.807) is 0 Å². The van der Waals surface area contributed by atoms with E-state index in [1.165, 1.54) is 0 Å². The quantitative estimate of drug-likeness (QED) is 0.605. The SMILES string of the molecule is CCOC[C@H](CC(N)=O)OCC. The highest BCUT2D eigenvalue weighted by molar-refractivity contribution is 5.74. The molecular formula is C8H17NO3. The van der Waals surface area contributed by atoms with Crippen molar-refractivity contribution in [3.05, 3.63) is 0 Å². The third kappa shape index (κ3) is 6.12. The number of rotatable bonds is 7. The first-order valence-corrected chi connectivity index (χ1v) is 4.18. The van der Waals surface area contributed by atoms with Crippen molar-refractivity contribution in [2.24, 2.45) is 5.73 Å². The number of primary amides is 1. The minimum Gasteiger partial charge on any atom is -0.379 e.